The number of hydrogen-bond acceptors (Lipinski definition) is 2. The van der Waals surface area contributed by atoms with Crippen molar-refractivity contribution in [2.24, 2.45) is 29.6 Å². The average molecular weight is 286 g/mol. The van der Waals surface area contributed by atoms with Crippen LogP contribution in [0.15, 0.2) is 18.2 Å². The topological polar surface area (TPSA) is 40.5 Å². The third-order valence-electron chi connectivity index (χ3n) is 6.59. The number of hydrogen-bond donors (Lipinski definition) is 2. The van der Waals surface area contributed by atoms with E-state index in [0.29, 0.717) is 5.92 Å². The molecular weight excluding hydrogens is 260 g/mol. The normalized spacial score (nSPS) is 38.6. The van der Waals surface area contributed by atoms with E-state index >= 15 is 0 Å². The lowest BCUT2D eigenvalue weighted by Crippen LogP contribution is -2.45. The van der Waals surface area contributed by atoms with Gasteiger partial charge in [0.2, 0.25) is 0 Å². The summed E-state index contributed by atoms with van der Waals surface area (Å²) in [6.07, 6.45) is 8.57. The van der Waals surface area contributed by atoms with Crippen molar-refractivity contribution in [2.75, 3.05) is 0 Å². The molecule has 1 aromatic rings. The van der Waals surface area contributed by atoms with E-state index in [1.165, 1.54) is 44.6 Å². The van der Waals surface area contributed by atoms with Gasteiger partial charge >= 0.3 is 0 Å². The first-order valence-electron chi connectivity index (χ1n) is 8.62. The zero-order chi connectivity index (χ0) is 14.6. The van der Waals surface area contributed by atoms with Crippen LogP contribution in [0.5, 0.6) is 11.5 Å². The van der Waals surface area contributed by atoms with E-state index in [1.54, 1.807) is 6.07 Å². The summed E-state index contributed by atoms with van der Waals surface area (Å²) in [7, 11) is 0. The van der Waals surface area contributed by atoms with Gasteiger partial charge in [-0.15, -0.1) is 0 Å². The lowest BCUT2D eigenvalue weighted by Gasteiger charge is -2.55. The molecule has 0 spiro atoms. The highest BCUT2D eigenvalue weighted by Gasteiger charge is 2.48. The van der Waals surface area contributed by atoms with Crippen molar-refractivity contribution in [3.63, 3.8) is 0 Å². The second-order valence-electron chi connectivity index (χ2n) is 7.97. The fraction of sp³-hybridized carbons (Fsp3) is 0.684. The van der Waals surface area contributed by atoms with Crippen LogP contribution in [-0.2, 0) is 0 Å². The molecule has 4 fully saturated rings. The largest absolute Gasteiger partial charge is 0.508 e. The van der Waals surface area contributed by atoms with Crippen molar-refractivity contribution >= 4 is 0 Å². The van der Waals surface area contributed by atoms with Crippen LogP contribution in [0.3, 0.4) is 0 Å². The second kappa shape index (κ2) is 4.93. The first kappa shape index (κ1) is 13.5. The maximum atomic E-state index is 10.1. The standard InChI is InChI=1S/C19H26O2/c1-11(17-3-2-16(20)10-19(17)21)4-18-14-6-12-5-13(8-14)9-15(18)7-12/h2-3,10-15,18,20-21H,4-9H2,1H3. The third-order valence-corrected chi connectivity index (χ3v) is 6.59. The van der Waals surface area contributed by atoms with Crippen LogP contribution in [0.25, 0.3) is 0 Å². The van der Waals surface area contributed by atoms with Crippen molar-refractivity contribution in [3.8, 4) is 11.5 Å². The van der Waals surface area contributed by atoms with Gasteiger partial charge in [-0.25, -0.2) is 0 Å². The molecule has 0 aromatic heterocycles. The minimum absolute atomic E-state index is 0.151. The van der Waals surface area contributed by atoms with E-state index in [9.17, 15) is 10.2 Å². The summed E-state index contributed by atoms with van der Waals surface area (Å²) in [5.74, 6) is 5.60. The molecular formula is C19H26O2. The van der Waals surface area contributed by atoms with Crippen molar-refractivity contribution < 1.29 is 10.2 Å². The summed E-state index contributed by atoms with van der Waals surface area (Å²) < 4.78 is 0. The Kier molecular flexibility index (Phi) is 3.16. The molecule has 21 heavy (non-hydrogen) atoms. The molecule has 4 bridgehead atoms. The van der Waals surface area contributed by atoms with Gasteiger partial charge in [-0.3, -0.25) is 0 Å². The van der Waals surface area contributed by atoms with Crippen LogP contribution in [0.1, 0.15) is 56.9 Å². The molecule has 4 aliphatic rings. The molecule has 0 aliphatic heterocycles. The average Bonchev–Trinajstić information content (AvgIpc) is 2.41. The van der Waals surface area contributed by atoms with Crippen molar-refractivity contribution in [1.82, 2.24) is 0 Å². The maximum absolute atomic E-state index is 10.1. The Balaban J connectivity index is 1.50. The molecule has 0 saturated heterocycles. The zero-order valence-electron chi connectivity index (χ0n) is 12.8. The molecule has 0 heterocycles. The molecule has 0 amide bonds. The van der Waals surface area contributed by atoms with Gasteiger partial charge in [0.1, 0.15) is 11.5 Å². The first-order valence-corrected chi connectivity index (χ1v) is 8.62. The quantitative estimate of drug-likeness (QED) is 0.848. The number of benzene rings is 1. The van der Waals surface area contributed by atoms with Crippen molar-refractivity contribution in [3.05, 3.63) is 23.8 Å². The van der Waals surface area contributed by atoms with Gasteiger partial charge in [-0.2, -0.15) is 0 Å². The summed E-state index contributed by atoms with van der Waals surface area (Å²) in [6, 6.07) is 5.07. The predicted octanol–water partition coefficient (Wildman–Crippen LogP) is 4.66. The van der Waals surface area contributed by atoms with Crippen LogP contribution < -0.4 is 0 Å². The van der Waals surface area contributed by atoms with Crippen LogP contribution in [0.2, 0.25) is 0 Å². The van der Waals surface area contributed by atoms with Crippen molar-refractivity contribution in [1.29, 1.82) is 0 Å². The summed E-state index contributed by atoms with van der Waals surface area (Å²) in [5.41, 5.74) is 1.00. The zero-order valence-corrected chi connectivity index (χ0v) is 12.8. The lowest BCUT2D eigenvalue weighted by molar-refractivity contribution is -0.0417. The summed E-state index contributed by atoms with van der Waals surface area (Å²) in [4.78, 5) is 0. The van der Waals surface area contributed by atoms with Crippen molar-refractivity contribution in [2.45, 2.75) is 51.4 Å². The monoisotopic (exact) mass is 286 g/mol. The van der Waals surface area contributed by atoms with Gasteiger partial charge in [0.15, 0.2) is 0 Å². The molecule has 0 radical (unpaired) electrons. The Morgan fingerprint density at radius 2 is 1.62 bits per heavy atom. The molecule has 2 N–H and O–H groups in total. The van der Waals surface area contributed by atoms with E-state index in [-0.39, 0.29) is 11.5 Å². The van der Waals surface area contributed by atoms with Crippen LogP contribution in [-0.4, -0.2) is 10.2 Å². The van der Waals surface area contributed by atoms with E-state index in [4.69, 9.17) is 0 Å². The Bertz CT molecular complexity index is 508. The third kappa shape index (κ3) is 2.33. The molecule has 114 valence electrons. The Hall–Kier alpha value is -1.18. The molecule has 2 nitrogen and oxygen atoms in total. The van der Waals surface area contributed by atoms with E-state index in [2.05, 4.69) is 6.92 Å². The van der Waals surface area contributed by atoms with Gasteiger partial charge < -0.3 is 10.2 Å². The van der Waals surface area contributed by atoms with Gasteiger partial charge in [-0.05, 0) is 85.7 Å². The van der Waals surface area contributed by atoms with E-state index in [0.717, 1.165) is 35.2 Å². The summed E-state index contributed by atoms with van der Waals surface area (Å²) >= 11 is 0. The molecule has 4 saturated carbocycles. The highest BCUT2D eigenvalue weighted by molar-refractivity contribution is 5.40. The number of phenols is 2. The Morgan fingerprint density at radius 1 is 1.00 bits per heavy atom. The second-order valence-corrected chi connectivity index (χ2v) is 7.97. The summed E-state index contributed by atoms with van der Waals surface area (Å²) in [5, 5.41) is 19.5. The smallest absolute Gasteiger partial charge is 0.122 e. The van der Waals surface area contributed by atoms with E-state index in [1.807, 2.05) is 6.07 Å². The predicted molar refractivity (Wildman–Crippen MR) is 83.3 cm³/mol. The number of aromatic hydroxyl groups is 2. The minimum Gasteiger partial charge on any atom is -0.508 e. The van der Waals surface area contributed by atoms with E-state index < -0.39 is 0 Å². The Morgan fingerprint density at radius 3 is 2.19 bits per heavy atom. The fourth-order valence-corrected chi connectivity index (χ4v) is 5.91. The molecule has 5 rings (SSSR count). The highest BCUT2D eigenvalue weighted by Crippen LogP contribution is 2.58. The van der Waals surface area contributed by atoms with Gasteiger partial charge in [0.05, 0.1) is 0 Å². The fourth-order valence-electron chi connectivity index (χ4n) is 5.91. The SMILES string of the molecule is CC(CC1C2CC3CC(C2)CC1C3)c1ccc(O)cc1O. The number of rotatable bonds is 3. The molecule has 4 aliphatic carbocycles. The minimum atomic E-state index is 0.151. The summed E-state index contributed by atoms with van der Waals surface area (Å²) in [6.45, 7) is 2.23. The molecule has 1 unspecified atom stereocenters. The maximum Gasteiger partial charge on any atom is 0.122 e. The lowest BCUT2D eigenvalue weighted by atomic mass is 9.50. The number of phenolic OH excluding ortho intramolecular Hbond substituents is 2. The first-order chi connectivity index (χ1) is 10.1. The van der Waals surface area contributed by atoms with Gasteiger partial charge in [0, 0.05) is 6.07 Å². The van der Waals surface area contributed by atoms with Gasteiger partial charge in [0.25, 0.3) is 0 Å². The molecule has 1 atom stereocenters. The van der Waals surface area contributed by atoms with Crippen LogP contribution >= 0.6 is 0 Å². The van der Waals surface area contributed by atoms with Crippen LogP contribution in [0, 0.1) is 29.6 Å². The van der Waals surface area contributed by atoms with Gasteiger partial charge in [-0.1, -0.05) is 13.0 Å². The van der Waals surface area contributed by atoms with Crippen LogP contribution in [0.4, 0.5) is 0 Å². The highest BCUT2D eigenvalue weighted by atomic mass is 16.3. The molecule has 1 aromatic carbocycles. The molecule has 2 heteroatoms. The Labute approximate surface area is 127 Å².